The molecule has 0 radical (unpaired) electrons. The maximum Gasteiger partial charge on any atom is 0.203 e. The summed E-state index contributed by atoms with van der Waals surface area (Å²) in [4.78, 5) is 4.22. The molecule has 5 heteroatoms. The molecule has 0 saturated carbocycles. The topological polar surface area (TPSA) is 51.7 Å². The summed E-state index contributed by atoms with van der Waals surface area (Å²) in [6.07, 6.45) is 7.46. The van der Waals surface area contributed by atoms with Crippen molar-refractivity contribution in [2.24, 2.45) is 0 Å². The van der Waals surface area contributed by atoms with Crippen LogP contribution in [0.5, 0.6) is 11.6 Å². The summed E-state index contributed by atoms with van der Waals surface area (Å²) in [7, 11) is 1.61. The predicted octanol–water partition coefficient (Wildman–Crippen LogP) is 2.99. The molecule has 4 rings (SSSR count). The van der Waals surface area contributed by atoms with Gasteiger partial charge in [-0.15, -0.1) is 0 Å². The normalized spacial score (nSPS) is 11.3. The maximum atomic E-state index is 10.5. The second-order valence-corrected chi connectivity index (χ2v) is 4.86. The van der Waals surface area contributed by atoms with E-state index in [1.54, 1.807) is 17.9 Å². The minimum absolute atomic E-state index is 0.198. The number of rotatable bonds is 2. The van der Waals surface area contributed by atoms with E-state index in [9.17, 15) is 5.11 Å². The summed E-state index contributed by atoms with van der Waals surface area (Å²) in [6, 6.07) is 9.49. The van der Waals surface area contributed by atoms with Crippen LogP contribution in [0.4, 0.5) is 0 Å². The minimum Gasteiger partial charge on any atom is -0.497 e. The quantitative estimate of drug-likeness (QED) is 0.613. The van der Waals surface area contributed by atoms with Gasteiger partial charge in [0.25, 0.3) is 0 Å². The van der Waals surface area contributed by atoms with Crippen molar-refractivity contribution in [3.05, 3.63) is 55.1 Å². The highest BCUT2D eigenvalue weighted by atomic mass is 16.5. The average molecular weight is 279 g/mol. The summed E-state index contributed by atoms with van der Waals surface area (Å²) in [5.41, 5.74) is 1.74. The molecule has 0 aliphatic carbocycles. The third-order valence-corrected chi connectivity index (χ3v) is 3.65. The molecule has 0 unspecified atom stereocenters. The van der Waals surface area contributed by atoms with Crippen molar-refractivity contribution in [3.8, 4) is 17.3 Å². The standard InChI is InChI=1S/C16H13N3O2/c1-21-13-4-2-11-9-19(16(20)14(11)8-13)12-3-5-15-17-6-7-18(15)10-12/h2-10,20H,1H3. The van der Waals surface area contributed by atoms with Crippen LogP contribution in [0.2, 0.25) is 0 Å². The van der Waals surface area contributed by atoms with Crippen molar-refractivity contribution in [1.29, 1.82) is 0 Å². The molecule has 104 valence electrons. The first-order valence-electron chi connectivity index (χ1n) is 6.57. The molecule has 3 aromatic heterocycles. The molecule has 0 atom stereocenters. The van der Waals surface area contributed by atoms with Crippen molar-refractivity contribution in [2.75, 3.05) is 7.11 Å². The van der Waals surface area contributed by atoms with Crippen molar-refractivity contribution in [2.45, 2.75) is 0 Å². The van der Waals surface area contributed by atoms with Crippen LogP contribution in [-0.4, -0.2) is 26.2 Å². The highest BCUT2D eigenvalue weighted by Crippen LogP contribution is 2.32. The van der Waals surface area contributed by atoms with Crippen LogP contribution in [0.15, 0.2) is 55.1 Å². The fourth-order valence-corrected chi connectivity index (χ4v) is 2.55. The van der Waals surface area contributed by atoms with Gasteiger partial charge < -0.3 is 14.2 Å². The molecule has 0 spiro atoms. The molecule has 0 saturated heterocycles. The Morgan fingerprint density at radius 2 is 2.05 bits per heavy atom. The Kier molecular flexibility index (Phi) is 2.41. The number of ether oxygens (including phenoxy) is 1. The van der Waals surface area contributed by atoms with Gasteiger partial charge in [0.15, 0.2) is 0 Å². The number of aromatic nitrogens is 3. The van der Waals surface area contributed by atoms with E-state index in [0.29, 0.717) is 0 Å². The fourth-order valence-electron chi connectivity index (χ4n) is 2.55. The lowest BCUT2D eigenvalue weighted by Gasteiger charge is -2.05. The van der Waals surface area contributed by atoms with Gasteiger partial charge in [-0.1, -0.05) is 0 Å². The van der Waals surface area contributed by atoms with Crippen LogP contribution in [0.25, 0.3) is 22.1 Å². The molecular formula is C16H13N3O2. The van der Waals surface area contributed by atoms with Gasteiger partial charge >= 0.3 is 0 Å². The number of hydrogen-bond donors (Lipinski definition) is 1. The van der Waals surface area contributed by atoms with Gasteiger partial charge in [-0.05, 0) is 30.3 Å². The molecule has 3 heterocycles. The second-order valence-electron chi connectivity index (χ2n) is 4.86. The molecule has 4 aromatic rings. The summed E-state index contributed by atoms with van der Waals surface area (Å²) in [5.74, 6) is 0.920. The molecule has 0 aliphatic heterocycles. The Balaban J connectivity index is 1.94. The zero-order valence-corrected chi connectivity index (χ0v) is 11.4. The first kappa shape index (κ1) is 11.8. The van der Waals surface area contributed by atoms with E-state index in [1.807, 2.05) is 53.3 Å². The summed E-state index contributed by atoms with van der Waals surface area (Å²) < 4.78 is 8.88. The Labute approximate surface area is 120 Å². The first-order valence-corrected chi connectivity index (χ1v) is 6.57. The Morgan fingerprint density at radius 1 is 1.14 bits per heavy atom. The van der Waals surface area contributed by atoms with Gasteiger partial charge in [0.2, 0.25) is 5.88 Å². The molecule has 1 N–H and O–H groups in total. The minimum atomic E-state index is 0.198. The third kappa shape index (κ3) is 1.74. The van der Waals surface area contributed by atoms with Crippen LogP contribution in [0.3, 0.4) is 0 Å². The predicted molar refractivity (Wildman–Crippen MR) is 80.2 cm³/mol. The third-order valence-electron chi connectivity index (χ3n) is 3.65. The second kappa shape index (κ2) is 4.28. The van der Waals surface area contributed by atoms with E-state index in [0.717, 1.165) is 27.9 Å². The van der Waals surface area contributed by atoms with Crippen molar-refractivity contribution in [3.63, 3.8) is 0 Å². The highest BCUT2D eigenvalue weighted by molar-refractivity contribution is 5.90. The molecule has 0 aliphatic rings. The van der Waals surface area contributed by atoms with E-state index >= 15 is 0 Å². The van der Waals surface area contributed by atoms with Crippen molar-refractivity contribution < 1.29 is 9.84 Å². The summed E-state index contributed by atoms with van der Waals surface area (Å²) in [6.45, 7) is 0. The highest BCUT2D eigenvalue weighted by Gasteiger charge is 2.11. The van der Waals surface area contributed by atoms with Gasteiger partial charge in [-0.2, -0.15) is 0 Å². The summed E-state index contributed by atoms with van der Waals surface area (Å²) >= 11 is 0. The van der Waals surface area contributed by atoms with E-state index in [1.165, 1.54) is 0 Å². The number of benzene rings is 1. The fraction of sp³-hybridized carbons (Fsp3) is 0.0625. The van der Waals surface area contributed by atoms with E-state index in [-0.39, 0.29) is 5.88 Å². The Bertz CT molecular complexity index is 953. The number of methoxy groups -OCH3 is 1. The lowest BCUT2D eigenvalue weighted by atomic mass is 10.2. The van der Waals surface area contributed by atoms with Gasteiger partial charge in [0, 0.05) is 35.6 Å². The zero-order valence-electron chi connectivity index (χ0n) is 11.4. The number of nitrogens with zero attached hydrogens (tertiary/aromatic N) is 3. The van der Waals surface area contributed by atoms with Gasteiger partial charge in [0.1, 0.15) is 11.4 Å². The van der Waals surface area contributed by atoms with E-state index < -0.39 is 0 Å². The number of hydrogen-bond acceptors (Lipinski definition) is 3. The lowest BCUT2D eigenvalue weighted by molar-refractivity contribution is 0.414. The molecule has 5 nitrogen and oxygen atoms in total. The van der Waals surface area contributed by atoms with Crippen LogP contribution in [0, 0.1) is 0 Å². The van der Waals surface area contributed by atoms with Crippen LogP contribution in [-0.2, 0) is 0 Å². The number of imidazole rings is 1. The van der Waals surface area contributed by atoms with E-state index in [4.69, 9.17) is 4.74 Å². The molecule has 0 fully saturated rings. The van der Waals surface area contributed by atoms with Crippen LogP contribution in [0.1, 0.15) is 0 Å². The SMILES string of the molecule is COc1ccc2cn(-c3ccc4nccn4c3)c(O)c2c1. The smallest absolute Gasteiger partial charge is 0.203 e. The zero-order chi connectivity index (χ0) is 14.4. The number of fused-ring (bicyclic) bond motifs is 2. The first-order chi connectivity index (χ1) is 10.3. The Morgan fingerprint density at radius 3 is 2.90 bits per heavy atom. The van der Waals surface area contributed by atoms with Gasteiger partial charge in [-0.25, -0.2) is 4.98 Å². The van der Waals surface area contributed by atoms with Crippen molar-refractivity contribution in [1.82, 2.24) is 14.0 Å². The molecule has 1 aromatic carbocycles. The molecule has 21 heavy (non-hydrogen) atoms. The molecule has 0 bridgehead atoms. The molecular weight excluding hydrogens is 266 g/mol. The van der Waals surface area contributed by atoms with Gasteiger partial charge in [0.05, 0.1) is 12.8 Å². The molecule has 0 amide bonds. The van der Waals surface area contributed by atoms with Crippen LogP contribution >= 0.6 is 0 Å². The van der Waals surface area contributed by atoms with Gasteiger partial charge in [-0.3, -0.25) is 4.57 Å². The average Bonchev–Trinajstić information content (AvgIpc) is 3.11. The van der Waals surface area contributed by atoms with E-state index in [2.05, 4.69) is 4.98 Å². The Hall–Kier alpha value is -2.95. The maximum absolute atomic E-state index is 10.5. The lowest BCUT2D eigenvalue weighted by Crippen LogP contribution is -1.94. The van der Waals surface area contributed by atoms with Crippen molar-refractivity contribution >= 4 is 16.4 Å². The monoisotopic (exact) mass is 279 g/mol. The summed E-state index contributed by atoms with van der Waals surface area (Å²) in [5, 5.41) is 12.2. The van der Waals surface area contributed by atoms with Crippen LogP contribution < -0.4 is 4.74 Å². The number of aromatic hydroxyl groups is 1. The largest absolute Gasteiger partial charge is 0.497 e. The number of pyridine rings is 1.